The van der Waals surface area contributed by atoms with E-state index >= 15 is 0 Å². The molecule has 4 aromatic rings. The van der Waals surface area contributed by atoms with Gasteiger partial charge in [0.15, 0.2) is 5.69 Å². The number of halogens is 3. The predicted octanol–water partition coefficient (Wildman–Crippen LogP) is 5.10. The molecule has 5 rings (SSSR count). The lowest BCUT2D eigenvalue weighted by Gasteiger charge is -2.32. The Morgan fingerprint density at radius 2 is 1.63 bits per heavy atom. The molecular formula is C28H26F3N5O4S. The number of pyridine rings is 1. The van der Waals surface area contributed by atoms with Crippen molar-refractivity contribution in [3.63, 3.8) is 0 Å². The fourth-order valence-electron chi connectivity index (χ4n) is 4.50. The largest absolute Gasteiger partial charge is 0.437 e. The number of nitrogens with zero attached hydrogens (tertiary/aromatic N) is 3. The van der Waals surface area contributed by atoms with Crippen molar-refractivity contribution < 1.29 is 30.8 Å². The second-order valence-electron chi connectivity index (χ2n) is 9.46. The summed E-state index contributed by atoms with van der Waals surface area (Å²) in [7, 11) is -3.50. The van der Waals surface area contributed by atoms with E-state index in [2.05, 4.69) is 20.0 Å². The van der Waals surface area contributed by atoms with Crippen molar-refractivity contribution in [1.82, 2.24) is 14.7 Å². The van der Waals surface area contributed by atoms with Crippen LogP contribution in [0.25, 0.3) is 11.5 Å². The SMILES string of the molecule is O=C(Nc1ccc(N2CCC(S(=O)(=O)NCc3ccccc3)CC2)nc1)c1oc(-c2ccccc2)nc1C(F)(F)F. The van der Waals surface area contributed by atoms with Crippen LogP contribution in [0.4, 0.5) is 24.7 Å². The van der Waals surface area contributed by atoms with E-state index in [1.54, 1.807) is 24.3 Å². The minimum absolute atomic E-state index is 0.159. The van der Waals surface area contributed by atoms with Gasteiger partial charge in [0.05, 0.1) is 17.1 Å². The minimum Gasteiger partial charge on any atom is -0.430 e. The fourth-order valence-corrected chi connectivity index (χ4v) is 5.93. The molecule has 0 radical (unpaired) electrons. The van der Waals surface area contributed by atoms with E-state index in [1.807, 2.05) is 35.2 Å². The van der Waals surface area contributed by atoms with Crippen LogP contribution in [-0.4, -0.2) is 42.6 Å². The lowest BCUT2D eigenvalue weighted by atomic mass is 10.1. The summed E-state index contributed by atoms with van der Waals surface area (Å²) in [6.45, 7) is 1.13. The zero-order valence-corrected chi connectivity index (χ0v) is 22.5. The van der Waals surface area contributed by atoms with E-state index < -0.39 is 38.8 Å². The maximum atomic E-state index is 13.6. The second-order valence-corrected chi connectivity index (χ2v) is 11.5. The van der Waals surface area contributed by atoms with Crippen molar-refractivity contribution in [3.8, 4) is 11.5 Å². The van der Waals surface area contributed by atoms with Gasteiger partial charge in [-0.15, -0.1) is 0 Å². The normalized spacial score (nSPS) is 14.7. The molecule has 13 heteroatoms. The molecule has 1 amide bonds. The molecule has 214 valence electrons. The summed E-state index contributed by atoms with van der Waals surface area (Å²) < 4.78 is 74.2. The summed E-state index contributed by atoms with van der Waals surface area (Å²) in [5.41, 5.74) is -0.0901. The standard InChI is InChI=1S/C28H26F3N5O4S/c29-28(30,31)25-24(40-27(35-25)20-9-5-2-6-10-20)26(37)34-21-11-12-23(32-18-21)36-15-13-22(14-16-36)41(38,39)33-17-19-7-3-1-4-8-19/h1-12,18,22,33H,13-17H2,(H,34,37). The van der Waals surface area contributed by atoms with E-state index in [1.165, 1.54) is 24.4 Å². The highest BCUT2D eigenvalue weighted by Crippen LogP contribution is 2.35. The van der Waals surface area contributed by atoms with Gasteiger partial charge in [0.2, 0.25) is 21.7 Å². The molecule has 0 bridgehead atoms. The molecule has 1 fully saturated rings. The first kappa shape index (κ1) is 28.3. The predicted molar refractivity (Wildman–Crippen MR) is 147 cm³/mol. The molecule has 0 aliphatic carbocycles. The van der Waals surface area contributed by atoms with Gasteiger partial charge in [-0.2, -0.15) is 13.2 Å². The number of carbonyl (C=O) groups excluding carboxylic acids is 1. The molecule has 1 saturated heterocycles. The molecule has 41 heavy (non-hydrogen) atoms. The molecule has 1 aliphatic rings. The number of hydrogen-bond donors (Lipinski definition) is 2. The van der Waals surface area contributed by atoms with E-state index in [0.29, 0.717) is 37.3 Å². The van der Waals surface area contributed by atoms with Crippen LogP contribution in [0.5, 0.6) is 0 Å². The highest BCUT2D eigenvalue weighted by atomic mass is 32.2. The lowest BCUT2D eigenvalue weighted by Crippen LogP contribution is -2.43. The second kappa shape index (κ2) is 11.7. The van der Waals surface area contributed by atoms with Gasteiger partial charge in [0.1, 0.15) is 5.82 Å². The number of sulfonamides is 1. The molecule has 2 aromatic carbocycles. The van der Waals surface area contributed by atoms with Gasteiger partial charge < -0.3 is 14.6 Å². The zero-order chi connectivity index (χ0) is 29.0. The number of anilines is 2. The van der Waals surface area contributed by atoms with Crippen LogP contribution in [0.2, 0.25) is 0 Å². The summed E-state index contributed by atoms with van der Waals surface area (Å²) in [5.74, 6) is -1.84. The minimum atomic E-state index is -4.90. The van der Waals surface area contributed by atoms with Crippen LogP contribution in [0.3, 0.4) is 0 Å². The summed E-state index contributed by atoms with van der Waals surface area (Å²) >= 11 is 0. The first-order chi connectivity index (χ1) is 19.6. The van der Waals surface area contributed by atoms with Crippen molar-refractivity contribution in [2.24, 2.45) is 0 Å². The Balaban J connectivity index is 1.20. The van der Waals surface area contributed by atoms with Gasteiger partial charge in [-0.05, 0) is 42.7 Å². The molecular weight excluding hydrogens is 559 g/mol. The Bertz CT molecular complexity index is 1590. The third-order valence-electron chi connectivity index (χ3n) is 6.65. The first-order valence-corrected chi connectivity index (χ1v) is 14.3. The molecule has 0 unspecified atom stereocenters. The highest BCUT2D eigenvalue weighted by molar-refractivity contribution is 7.90. The number of rotatable bonds is 8. The van der Waals surface area contributed by atoms with E-state index in [9.17, 15) is 26.4 Å². The summed E-state index contributed by atoms with van der Waals surface area (Å²) in [6.07, 6.45) is -2.78. The van der Waals surface area contributed by atoms with E-state index in [4.69, 9.17) is 4.42 Å². The van der Waals surface area contributed by atoms with E-state index in [0.717, 1.165) is 5.56 Å². The highest BCUT2D eigenvalue weighted by Gasteiger charge is 2.41. The number of hydrogen-bond acceptors (Lipinski definition) is 7. The van der Waals surface area contributed by atoms with Crippen LogP contribution in [0.1, 0.15) is 34.7 Å². The Labute approximate surface area is 234 Å². The number of amides is 1. The lowest BCUT2D eigenvalue weighted by molar-refractivity contribution is -0.141. The number of carbonyl (C=O) groups is 1. The molecule has 9 nitrogen and oxygen atoms in total. The maximum absolute atomic E-state index is 13.6. The molecule has 0 atom stereocenters. The Morgan fingerprint density at radius 3 is 2.24 bits per heavy atom. The van der Waals surface area contributed by atoms with Crippen LogP contribution in [-0.2, 0) is 22.7 Å². The van der Waals surface area contributed by atoms with Crippen molar-refractivity contribution >= 4 is 27.4 Å². The average Bonchev–Trinajstić information content (AvgIpc) is 3.45. The van der Waals surface area contributed by atoms with Gasteiger partial charge in [0, 0.05) is 25.2 Å². The molecule has 1 aliphatic heterocycles. The van der Waals surface area contributed by atoms with Crippen molar-refractivity contribution in [1.29, 1.82) is 0 Å². The number of oxazole rings is 1. The summed E-state index contributed by atoms with van der Waals surface area (Å²) in [5, 5.41) is 1.84. The monoisotopic (exact) mass is 585 g/mol. The van der Waals surface area contributed by atoms with Crippen LogP contribution >= 0.6 is 0 Å². The van der Waals surface area contributed by atoms with Gasteiger partial charge in [-0.1, -0.05) is 48.5 Å². The maximum Gasteiger partial charge on any atom is 0.437 e. The topological polar surface area (TPSA) is 117 Å². The molecule has 2 aromatic heterocycles. The number of nitrogens with one attached hydrogen (secondary N) is 2. The van der Waals surface area contributed by atoms with Crippen molar-refractivity contribution in [3.05, 3.63) is 96.0 Å². The molecule has 3 heterocycles. The smallest absolute Gasteiger partial charge is 0.430 e. The molecule has 0 spiro atoms. The first-order valence-electron chi connectivity index (χ1n) is 12.8. The van der Waals surface area contributed by atoms with Crippen LogP contribution in [0, 0.1) is 0 Å². The third-order valence-corrected chi connectivity index (χ3v) is 8.55. The Kier molecular flexibility index (Phi) is 8.08. The van der Waals surface area contributed by atoms with Gasteiger partial charge >= 0.3 is 6.18 Å². The average molecular weight is 586 g/mol. The van der Waals surface area contributed by atoms with Gasteiger partial charge in [-0.3, -0.25) is 4.79 Å². The quantitative estimate of drug-likeness (QED) is 0.296. The third kappa shape index (κ3) is 6.74. The van der Waals surface area contributed by atoms with Crippen LogP contribution in [0.15, 0.2) is 83.4 Å². The number of piperidine rings is 1. The number of aromatic nitrogens is 2. The van der Waals surface area contributed by atoms with Crippen molar-refractivity contribution in [2.75, 3.05) is 23.3 Å². The van der Waals surface area contributed by atoms with E-state index in [-0.39, 0.29) is 18.1 Å². The summed E-state index contributed by atoms with van der Waals surface area (Å²) in [6, 6.07) is 20.4. The number of benzene rings is 2. The zero-order valence-electron chi connectivity index (χ0n) is 21.6. The Morgan fingerprint density at radius 1 is 0.976 bits per heavy atom. The van der Waals surface area contributed by atoms with Gasteiger partial charge in [0.25, 0.3) is 5.91 Å². The van der Waals surface area contributed by atoms with Gasteiger partial charge in [-0.25, -0.2) is 23.1 Å². The van der Waals surface area contributed by atoms with Crippen LogP contribution < -0.4 is 14.9 Å². The van der Waals surface area contributed by atoms with Crippen molar-refractivity contribution in [2.45, 2.75) is 30.8 Å². The summed E-state index contributed by atoms with van der Waals surface area (Å²) in [4.78, 5) is 22.5. The Hall–Kier alpha value is -4.23. The molecule has 0 saturated carbocycles. The molecule has 2 N–H and O–H groups in total. The number of alkyl halides is 3. The fraction of sp³-hybridized carbons (Fsp3) is 0.250.